The van der Waals surface area contributed by atoms with E-state index in [1.54, 1.807) is 20.8 Å². The molecule has 0 aliphatic heterocycles. The number of carbonyl (C=O) groups is 2. The number of aromatic carboxylic acids is 1. The highest BCUT2D eigenvalue weighted by atomic mass is 32.2. The SMILES string of the molecule is CCN(C(=O)c1ccc(C(=O)O)s1)C(C)CS(=O)(=O)CC. The average molecular weight is 333 g/mol. The Morgan fingerprint density at radius 1 is 1.29 bits per heavy atom. The molecule has 0 saturated carbocycles. The topological polar surface area (TPSA) is 91.8 Å². The van der Waals surface area contributed by atoms with Gasteiger partial charge in [0.15, 0.2) is 9.84 Å². The first-order chi connectivity index (χ1) is 9.71. The third kappa shape index (κ3) is 4.53. The van der Waals surface area contributed by atoms with Crippen LogP contribution in [0, 0.1) is 0 Å². The van der Waals surface area contributed by atoms with Crippen LogP contribution in [0.15, 0.2) is 12.1 Å². The summed E-state index contributed by atoms with van der Waals surface area (Å²) in [6.45, 7) is 5.37. The van der Waals surface area contributed by atoms with E-state index in [1.807, 2.05) is 0 Å². The monoisotopic (exact) mass is 333 g/mol. The van der Waals surface area contributed by atoms with Crippen LogP contribution in [0.5, 0.6) is 0 Å². The molecule has 1 heterocycles. The van der Waals surface area contributed by atoms with Crippen LogP contribution in [0.4, 0.5) is 0 Å². The molecule has 0 spiro atoms. The van der Waals surface area contributed by atoms with Gasteiger partial charge in [-0.25, -0.2) is 13.2 Å². The second-order valence-corrected chi connectivity index (χ2v) is 8.09. The number of hydrogen-bond donors (Lipinski definition) is 1. The van der Waals surface area contributed by atoms with Crippen molar-refractivity contribution in [1.29, 1.82) is 0 Å². The molecule has 0 aliphatic carbocycles. The molecule has 1 amide bonds. The van der Waals surface area contributed by atoms with Crippen LogP contribution in [-0.4, -0.2) is 54.4 Å². The Kier molecular flexibility index (Phi) is 5.91. The molecule has 1 aromatic rings. The Morgan fingerprint density at radius 3 is 2.29 bits per heavy atom. The Labute approximate surface area is 128 Å². The fourth-order valence-electron chi connectivity index (χ4n) is 1.94. The number of carbonyl (C=O) groups excluding carboxylic acids is 1. The van der Waals surface area contributed by atoms with Crippen molar-refractivity contribution < 1.29 is 23.1 Å². The van der Waals surface area contributed by atoms with Gasteiger partial charge < -0.3 is 10.0 Å². The summed E-state index contributed by atoms with van der Waals surface area (Å²) < 4.78 is 23.3. The van der Waals surface area contributed by atoms with Gasteiger partial charge in [-0.1, -0.05) is 6.92 Å². The second-order valence-electron chi connectivity index (χ2n) is 4.61. The van der Waals surface area contributed by atoms with Crippen molar-refractivity contribution in [2.45, 2.75) is 26.8 Å². The minimum Gasteiger partial charge on any atom is -0.477 e. The third-order valence-corrected chi connectivity index (χ3v) is 6.03. The third-order valence-electron chi connectivity index (χ3n) is 3.10. The van der Waals surface area contributed by atoms with Crippen molar-refractivity contribution in [3.63, 3.8) is 0 Å². The maximum absolute atomic E-state index is 12.4. The summed E-state index contributed by atoms with van der Waals surface area (Å²) >= 11 is 0.894. The van der Waals surface area contributed by atoms with E-state index in [4.69, 9.17) is 5.11 Å². The van der Waals surface area contributed by atoms with E-state index in [2.05, 4.69) is 0 Å². The minimum absolute atomic E-state index is 0.0330. The summed E-state index contributed by atoms with van der Waals surface area (Å²) in [7, 11) is -3.18. The van der Waals surface area contributed by atoms with Crippen molar-refractivity contribution in [2.75, 3.05) is 18.1 Å². The number of nitrogens with zero attached hydrogens (tertiary/aromatic N) is 1. The van der Waals surface area contributed by atoms with Gasteiger partial charge in [-0.15, -0.1) is 11.3 Å². The highest BCUT2D eigenvalue weighted by Crippen LogP contribution is 2.20. The zero-order valence-corrected chi connectivity index (χ0v) is 13.8. The van der Waals surface area contributed by atoms with Crippen LogP contribution >= 0.6 is 11.3 Å². The fraction of sp³-hybridized carbons (Fsp3) is 0.538. The molecule has 0 fully saturated rings. The van der Waals surface area contributed by atoms with Crippen molar-refractivity contribution in [1.82, 2.24) is 4.90 Å². The summed E-state index contributed by atoms with van der Waals surface area (Å²) in [6, 6.07) is 2.38. The fourth-order valence-corrected chi connectivity index (χ4v) is 3.89. The molecule has 21 heavy (non-hydrogen) atoms. The molecule has 118 valence electrons. The summed E-state index contributed by atoms with van der Waals surface area (Å²) in [5, 5.41) is 8.88. The van der Waals surface area contributed by atoms with Crippen molar-refractivity contribution in [3.8, 4) is 0 Å². The van der Waals surface area contributed by atoms with E-state index in [1.165, 1.54) is 17.0 Å². The minimum atomic E-state index is -3.18. The molecule has 0 radical (unpaired) electrons. The van der Waals surface area contributed by atoms with Gasteiger partial charge in [-0.3, -0.25) is 4.79 Å². The van der Waals surface area contributed by atoms with E-state index in [0.29, 0.717) is 11.4 Å². The van der Waals surface area contributed by atoms with Gasteiger partial charge in [-0.05, 0) is 26.0 Å². The first-order valence-electron chi connectivity index (χ1n) is 6.56. The molecule has 1 unspecified atom stereocenters. The lowest BCUT2D eigenvalue weighted by atomic mass is 10.3. The predicted octanol–water partition coefficient (Wildman–Crippen LogP) is 1.73. The van der Waals surface area contributed by atoms with E-state index in [9.17, 15) is 18.0 Å². The standard InChI is InChI=1S/C13H19NO5S2/c1-4-14(9(3)8-21(18,19)5-2)12(15)10-6-7-11(20-10)13(16)17/h6-7,9H,4-5,8H2,1-3H3,(H,16,17). The summed E-state index contributed by atoms with van der Waals surface area (Å²) in [5.74, 6) is -1.48. The molecular weight excluding hydrogens is 314 g/mol. The number of hydrogen-bond acceptors (Lipinski definition) is 5. The van der Waals surface area contributed by atoms with Gasteiger partial charge >= 0.3 is 5.97 Å². The lowest BCUT2D eigenvalue weighted by Crippen LogP contribution is -2.42. The average Bonchev–Trinajstić information content (AvgIpc) is 2.88. The highest BCUT2D eigenvalue weighted by Gasteiger charge is 2.25. The molecule has 0 saturated heterocycles. The van der Waals surface area contributed by atoms with Gasteiger partial charge in [0.25, 0.3) is 5.91 Å². The van der Waals surface area contributed by atoms with Gasteiger partial charge in [0.05, 0.1) is 10.6 Å². The molecule has 1 rings (SSSR count). The molecule has 0 aliphatic rings. The van der Waals surface area contributed by atoms with E-state index in [-0.39, 0.29) is 22.3 Å². The first kappa shape index (κ1) is 17.6. The Bertz CT molecular complexity index is 620. The Balaban J connectivity index is 2.92. The quantitative estimate of drug-likeness (QED) is 0.820. The number of thiophene rings is 1. The molecule has 0 aromatic carbocycles. The molecular formula is C13H19NO5S2. The highest BCUT2D eigenvalue weighted by molar-refractivity contribution is 7.91. The number of rotatable bonds is 7. The van der Waals surface area contributed by atoms with Crippen LogP contribution in [0.25, 0.3) is 0 Å². The molecule has 6 nitrogen and oxygen atoms in total. The van der Waals surface area contributed by atoms with E-state index >= 15 is 0 Å². The predicted molar refractivity (Wildman–Crippen MR) is 81.8 cm³/mol. The molecule has 0 bridgehead atoms. The van der Waals surface area contributed by atoms with Crippen LogP contribution in [0.3, 0.4) is 0 Å². The van der Waals surface area contributed by atoms with Crippen LogP contribution in [-0.2, 0) is 9.84 Å². The zero-order valence-electron chi connectivity index (χ0n) is 12.2. The van der Waals surface area contributed by atoms with Crippen molar-refractivity contribution in [2.24, 2.45) is 0 Å². The van der Waals surface area contributed by atoms with Gasteiger partial charge in [0, 0.05) is 18.3 Å². The van der Waals surface area contributed by atoms with Crippen LogP contribution in [0.1, 0.15) is 40.1 Å². The van der Waals surface area contributed by atoms with E-state index in [0.717, 1.165) is 11.3 Å². The van der Waals surface area contributed by atoms with Crippen molar-refractivity contribution >= 4 is 33.1 Å². The molecule has 1 aromatic heterocycles. The molecule has 1 atom stereocenters. The van der Waals surface area contributed by atoms with E-state index < -0.39 is 21.8 Å². The number of carboxylic acid groups (broad SMARTS) is 1. The first-order valence-corrected chi connectivity index (χ1v) is 9.20. The second kappa shape index (κ2) is 7.04. The Hall–Kier alpha value is -1.41. The number of amides is 1. The number of sulfone groups is 1. The molecule has 1 N–H and O–H groups in total. The maximum Gasteiger partial charge on any atom is 0.345 e. The van der Waals surface area contributed by atoms with Gasteiger partial charge in [0.2, 0.25) is 0 Å². The zero-order chi connectivity index (χ0) is 16.2. The largest absolute Gasteiger partial charge is 0.477 e. The maximum atomic E-state index is 12.4. The Morgan fingerprint density at radius 2 is 1.86 bits per heavy atom. The summed E-state index contributed by atoms with van der Waals surface area (Å²) in [5.41, 5.74) is 0. The van der Waals surface area contributed by atoms with Crippen molar-refractivity contribution in [3.05, 3.63) is 21.9 Å². The summed E-state index contributed by atoms with van der Waals surface area (Å²) in [4.78, 5) is 25.1. The summed E-state index contributed by atoms with van der Waals surface area (Å²) in [6.07, 6.45) is 0. The normalized spacial score (nSPS) is 12.9. The smallest absolute Gasteiger partial charge is 0.345 e. The van der Waals surface area contributed by atoms with Crippen LogP contribution < -0.4 is 0 Å². The molecule has 8 heteroatoms. The lowest BCUT2D eigenvalue weighted by molar-refractivity contribution is 0.0699. The number of carboxylic acids is 1. The van der Waals surface area contributed by atoms with Crippen LogP contribution in [0.2, 0.25) is 0 Å². The van der Waals surface area contributed by atoms with Gasteiger partial charge in [-0.2, -0.15) is 0 Å². The lowest BCUT2D eigenvalue weighted by Gasteiger charge is -2.27. The van der Waals surface area contributed by atoms with Gasteiger partial charge in [0.1, 0.15) is 4.88 Å².